The van der Waals surface area contributed by atoms with Crippen LogP contribution in [0.15, 0.2) is 42.5 Å². The van der Waals surface area contributed by atoms with Gasteiger partial charge in [0.2, 0.25) is 5.91 Å². The Bertz CT molecular complexity index is 764. The molecule has 0 aliphatic carbocycles. The van der Waals surface area contributed by atoms with Crippen molar-refractivity contribution in [3.05, 3.63) is 52.5 Å². The summed E-state index contributed by atoms with van der Waals surface area (Å²) in [5.74, 6) is -0.0589. The van der Waals surface area contributed by atoms with Crippen LogP contribution in [-0.2, 0) is 9.53 Å². The highest BCUT2D eigenvalue weighted by molar-refractivity contribution is 6.43. The van der Waals surface area contributed by atoms with E-state index in [0.717, 1.165) is 30.2 Å². The number of amides is 1. The van der Waals surface area contributed by atoms with E-state index in [4.69, 9.17) is 27.9 Å². The van der Waals surface area contributed by atoms with Crippen LogP contribution >= 0.6 is 23.2 Å². The van der Waals surface area contributed by atoms with Gasteiger partial charge in [0, 0.05) is 26.1 Å². The first kappa shape index (κ1) is 18.8. The Kier molecular flexibility index (Phi) is 6.61. The first-order chi connectivity index (χ1) is 12.6. The summed E-state index contributed by atoms with van der Waals surface area (Å²) in [5, 5.41) is 7.10. The number of hydrogen-bond donors (Lipinski definition) is 2. The second kappa shape index (κ2) is 9.12. The number of hydrogen-bond acceptors (Lipinski definition) is 4. The predicted molar refractivity (Wildman–Crippen MR) is 108 cm³/mol. The summed E-state index contributed by atoms with van der Waals surface area (Å²) in [7, 11) is 0. The predicted octanol–water partition coefficient (Wildman–Crippen LogP) is 4.27. The SMILES string of the molecule is O=C(CCNc1cccc(Cl)c1Cl)Nc1ccccc1N1CCOCC1. The van der Waals surface area contributed by atoms with Crippen LogP contribution in [0.1, 0.15) is 6.42 Å². The van der Waals surface area contributed by atoms with Crippen LogP contribution < -0.4 is 15.5 Å². The van der Waals surface area contributed by atoms with Crippen molar-refractivity contribution in [2.75, 3.05) is 48.4 Å². The number of rotatable bonds is 6. The Hall–Kier alpha value is -1.95. The molecule has 1 aliphatic heterocycles. The molecule has 0 saturated carbocycles. The van der Waals surface area contributed by atoms with E-state index in [1.807, 2.05) is 36.4 Å². The van der Waals surface area contributed by atoms with Gasteiger partial charge in [-0.1, -0.05) is 41.4 Å². The van der Waals surface area contributed by atoms with Crippen molar-refractivity contribution in [2.45, 2.75) is 6.42 Å². The van der Waals surface area contributed by atoms with Crippen LogP contribution in [0.5, 0.6) is 0 Å². The quantitative estimate of drug-likeness (QED) is 0.769. The summed E-state index contributed by atoms with van der Waals surface area (Å²) in [5.41, 5.74) is 2.57. The molecule has 0 unspecified atom stereocenters. The molecule has 0 atom stereocenters. The summed E-state index contributed by atoms with van der Waals surface area (Å²) >= 11 is 12.1. The molecule has 1 fully saturated rings. The van der Waals surface area contributed by atoms with Gasteiger partial charge in [0.25, 0.3) is 0 Å². The normalized spacial score (nSPS) is 14.2. The van der Waals surface area contributed by atoms with Crippen LogP contribution in [0.3, 0.4) is 0 Å². The van der Waals surface area contributed by atoms with Gasteiger partial charge in [-0.05, 0) is 24.3 Å². The van der Waals surface area contributed by atoms with E-state index in [0.29, 0.717) is 36.2 Å². The van der Waals surface area contributed by atoms with Gasteiger partial charge in [-0.25, -0.2) is 0 Å². The number of carbonyl (C=O) groups excluding carboxylic acids is 1. The van der Waals surface area contributed by atoms with Gasteiger partial charge < -0.3 is 20.3 Å². The number of morpholine rings is 1. The number of nitrogens with zero attached hydrogens (tertiary/aromatic N) is 1. The number of nitrogens with one attached hydrogen (secondary N) is 2. The van der Waals surface area contributed by atoms with Gasteiger partial charge in [0.15, 0.2) is 0 Å². The number of benzene rings is 2. The zero-order valence-electron chi connectivity index (χ0n) is 14.3. The highest BCUT2D eigenvalue weighted by atomic mass is 35.5. The molecule has 138 valence electrons. The molecule has 7 heteroatoms. The van der Waals surface area contributed by atoms with Gasteiger partial charge in [0.1, 0.15) is 0 Å². The third-order valence-corrected chi connectivity index (χ3v) is 4.97. The van der Waals surface area contributed by atoms with E-state index in [-0.39, 0.29) is 5.91 Å². The van der Waals surface area contributed by atoms with Crippen molar-refractivity contribution in [1.82, 2.24) is 0 Å². The first-order valence-corrected chi connectivity index (χ1v) is 9.30. The molecule has 2 aromatic carbocycles. The Morgan fingerprint density at radius 2 is 1.77 bits per heavy atom. The second-order valence-electron chi connectivity index (χ2n) is 5.94. The lowest BCUT2D eigenvalue weighted by Gasteiger charge is -2.30. The summed E-state index contributed by atoms with van der Waals surface area (Å²) in [6.07, 6.45) is 0.320. The molecule has 1 amide bonds. The summed E-state index contributed by atoms with van der Waals surface area (Å²) in [4.78, 5) is 14.6. The maximum Gasteiger partial charge on any atom is 0.226 e. The largest absolute Gasteiger partial charge is 0.383 e. The van der Waals surface area contributed by atoms with E-state index >= 15 is 0 Å². The van der Waals surface area contributed by atoms with Crippen LogP contribution in [0.4, 0.5) is 17.1 Å². The fraction of sp³-hybridized carbons (Fsp3) is 0.316. The minimum atomic E-state index is -0.0589. The van der Waals surface area contributed by atoms with Gasteiger partial charge in [-0.2, -0.15) is 0 Å². The van der Waals surface area contributed by atoms with Gasteiger partial charge in [-0.15, -0.1) is 0 Å². The Balaban J connectivity index is 1.56. The number of halogens is 2. The molecule has 2 N–H and O–H groups in total. The van der Waals surface area contributed by atoms with Gasteiger partial charge in [-0.3, -0.25) is 4.79 Å². The molecule has 0 radical (unpaired) electrons. The monoisotopic (exact) mass is 393 g/mol. The van der Waals surface area contributed by atoms with Gasteiger partial charge in [0.05, 0.1) is 40.3 Å². The lowest BCUT2D eigenvalue weighted by atomic mass is 10.2. The second-order valence-corrected chi connectivity index (χ2v) is 6.73. The number of para-hydroxylation sites is 2. The van der Waals surface area contributed by atoms with Crippen molar-refractivity contribution in [3.63, 3.8) is 0 Å². The number of anilines is 3. The van der Waals surface area contributed by atoms with E-state index in [1.165, 1.54) is 0 Å². The van der Waals surface area contributed by atoms with Crippen LogP contribution in [0.25, 0.3) is 0 Å². The van der Waals surface area contributed by atoms with Crippen LogP contribution in [-0.4, -0.2) is 38.8 Å². The molecule has 1 heterocycles. The molecule has 1 aliphatic rings. The van der Waals surface area contributed by atoms with Crippen molar-refractivity contribution >= 4 is 46.2 Å². The molecule has 0 spiro atoms. The highest BCUT2D eigenvalue weighted by Crippen LogP contribution is 2.29. The summed E-state index contributed by atoms with van der Waals surface area (Å²) < 4.78 is 5.40. The molecule has 26 heavy (non-hydrogen) atoms. The lowest BCUT2D eigenvalue weighted by molar-refractivity contribution is -0.115. The summed E-state index contributed by atoms with van der Waals surface area (Å²) in [6, 6.07) is 13.2. The third-order valence-electron chi connectivity index (χ3n) is 4.15. The molecule has 0 bridgehead atoms. The number of carbonyl (C=O) groups is 1. The Morgan fingerprint density at radius 1 is 1.04 bits per heavy atom. The average molecular weight is 394 g/mol. The topological polar surface area (TPSA) is 53.6 Å². The Morgan fingerprint density at radius 3 is 2.58 bits per heavy atom. The van der Waals surface area contributed by atoms with E-state index < -0.39 is 0 Å². The fourth-order valence-corrected chi connectivity index (χ4v) is 3.19. The van der Waals surface area contributed by atoms with Crippen LogP contribution in [0.2, 0.25) is 10.0 Å². The van der Waals surface area contributed by atoms with Crippen molar-refractivity contribution in [1.29, 1.82) is 0 Å². The minimum Gasteiger partial charge on any atom is -0.383 e. The van der Waals surface area contributed by atoms with E-state index in [9.17, 15) is 4.79 Å². The maximum atomic E-state index is 12.3. The van der Waals surface area contributed by atoms with E-state index in [1.54, 1.807) is 6.07 Å². The summed E-state index contributed by atoms with van der Waals surface area (Å²) in [6.45, 7) is 3.51. The fourth-order valence-electron chi connectivity index (χ4n) is 2.82. The van der Waals surface area contributed by atoms with Crippen LogP contribution in [0, 0.1) is 0 Å². The Labute approximate surface area is 163 Å². The average Bonchev–Trinajstić information content (AvgIpc) is 2.66. The zero-order valence-corrected chi connectivity index (χ0v) is 15.8. The van der Waals surface area contributed by atoms with Crippen molar-refractivity contribution in [2.24, 2.45) is 0 Å². The molecular weight excluding hydrogens is 373 g/mol. The zero-order chi connectivity index (χ0) is 18.4. The molecule has 3 rings (SSSR count). The maximum absolute atomic E-state index is 12.3. The third kappa shape index (κ3) is 4.81. The smallest absolute Gasteiger partial charge is 0.226 e. The molecule has 0 aromatic heterocycles. The van der Waals surface area contributed by atoms with Crippen molar-refractivity contribution in [3.8, 4) is 0 Å². The molecule has 1 saturated heterocycles. The van der Waals surface area contributed by atoms with Crippen molar-refractivity contribution < 1.29 is 9.53 Å². The molecule has 5 nitrogen and oxygen atoms in total. The lowest BCUT2D eigenvalue weighted by Crippen LogP contribution is -2.36. The minimum absolute atomic E-state index is 0.0589. The molecule has 2 aromatic rings. The van der Waals surface area contributed by atoms with E-state index in [2.05, 4.69) is 15.5 Å². The molecular formula is C19H21Cl2N3O2. The van der Waals surface area contributed by atoms with Gasteiger partial charge >= 0.3 is 0 Å². The highest BCUT2D eigenvalue weighted by Gasteiger charge is 2.15. The standard InChI is InChI=1S/C19H21Cl2N3O2/c20-14-4-3-6-16(19(14)21)22-9-8-18(25)23-15-5-1-2-7-17(15)24-10-12-26-13-11-24/h1-7,22H,8-13H2,(H,23,25). The number of ether oxygens (including phenoxy) is 1. The first-order valence-electron chi connectivity index (χ1n) is 8.54.